The minimum Gasteiger partial charge on any atom is -0.216 e. The van der Waals surface area contributed by atoms with Crippen LogP contribution in [-0.4, -0.2) is 20.3 Å². The van der Waals surface area contributed by atoms with E-state index >= 15 is 0 Å². The second kappa shape index (κ2) is 5.58. The molecule has 0 fully saturated rings. The lowest BCUT2D eigenvalue weighted by atomic mass is 10.1. The van der Waals surface area contributed by atoms with Crippen molar-refractivity contribution in [1.29, 1.82) is 0 Å². The van der Waals surface area contributed by atoms with Gasteiger partial charge in [-0.3, -0.25) is 0 Å². The lowest BCUT2D eigenvalue weighted by Gasteiger charge is -2.15. The van der Waals surface area contributed by atoms with Crippen molar-refractivity contribution in [1.82, 2.24) is 9.97 Å². The number of fused-ring (bicyclic) bond motifs is 1. The summed E-state index contributed by atoms with van der Waals surface area (Å²) in [6.45, 7) is 4.79. The fraction of sp³-hybridized carbons (Fsp3) is 0.188. The Morgan fingerprint density at radius 2 is 1.86 bits per heavy atom. The Morgan fingerprint density at radius 3 is 2.57 bits per heavy atom. The second-order valence-corrected chi connectivity index (χ2v) is 5.66. The van der Waals surface area contributed by atoms with Crippen molar-refractivity contribution < 1.29 is 4.58 Å². The summed E-state index contributed by atoms with van der Waals surface area (Å²) in [5.41, 5.74) is 5.16. The topological polar surface area (TPSA) is 28.8 Å². The first kappa shape index (κ1) is 14.2. The molecule has 0 radical (unpaired) electrons. The summed E-state index contributed by atoms with van der Waals surface area (Å²) in [6, 6.07) is 10.3. The van der Waals surface area contributed by atoms with E-state index < -0.39 is 0 Å². The summed E-state index contributed by atoms with van der Waals surface area (Å²) in [5, 5.41) is 0.588. The minimum absolute atomic E-state index is 0.184. The van der Waals surface area contributed by atoms with E-state index in [1.807, 2.05) is 24.3 Å². The largest absolute Gasteiger partial charge is 0.224 e. The van der Waals surface area contributed by atoms with Crippen LogP contribution in [0.1, 0.15) is 30.7 Å². The normalized spacial score (nSPS) is 16.3. The zero-order valence-corrected chi connectivity index (χ0v) is 13.3. The van der Waals surface area contributed by atoms with Crippen LogP contribution < -0.4 is 0 Å². The summed E-state index contributed by atoms with van der Waals surface area (Å²) < 4.78 is 2.21. The van der Waals surface area contributed by atoms with Gasteiger partial charge >= 0.3 is 0 Å². The highest BCUT2D eigenvalue weighted by molar-refractivity contribution is 6.32. The van der Waals surface area contributed by atoms with E-state index in [4.69, 9.17) is 23.2 Å². The third-order valence-corrected chi connectivity index (χ3v) is 4.09. The van der Waals surface area contributed by atoms with E-state index in [9.17, 15) is 0 Å². The van der Waals surface area contributed by atoms with E-state index in [0.29, 0.717) is 11.7 Å². The molecule has 0 spiro atoms. The molecule has 5 heteroatoms. The molecule has 1 aliphatic rings. The third kappa shape index (κ3) is 2.71. The van der Waals surface area contributed by atoms with Gasteiger partial charge in [-0.2, -0.15) is 4.58 Å². The number of aromatic nitrogens is 2. The zero-order valence-electron chi connectivity index (χ0n) is 11.8. The van der Waals surface area contributed by atoms with E-state index in [0.717, 1.165) is 17.0 Å². The number of nitrogens with zero attached hydrogens (tertiary/aromatic N) is 3. The van der Waals surface area contributed by atoms with E-state index in [1.54, 1.807) is 0 Å². The van der Waals surface area contributed by atoms with Crippen LogP contribution in [0.4, 0.5) is 0 Å². The van der Waals surface area contributed by atoms with Gasteiger partial charge in [0.2, 0.25) is 5.28 Å². The number of rotatable bonds is 1. The first-order valence-electron chi connectivity index (χ1n) is 6.63. The van der Waals surface area contributed by atoms with Gasteiger partial charge in [-0.05, 0) is 23.7 Å². The molecule has 0 aliphatic carbocycles. The van der Waals surface area contributed by atoms with Gasteiger partial charge in [0.05, 0.1) is 0 Å². The predicted octanol–water partition coefficient (Wildman–Crippen LogP) is 4.18. The molecule has 3 rings (SSSR count). The van der Waals surface area contributed by atoms with Gasteiger partial charge in [-0.25, -0.2) is 9.97 Å². The second-order valence-electron chi connectivity index (χ2n) is 4.97. The van der Waals surface area contributed by atoms with Gasteiger partial charge in [0, 0.05) is 31.1 Å². The highest BCUT2D eigenvalue weighted by atomic mass is 35.5. The fourth-order valence-electron chi connectivity index (χ4n) is 2.50. The van der Waals surface area contributed by atoms with Gasteiger partial charge in [-0.15, -0.1) is 0 Å². The fourth-order valence-corrected chi connectivity index (χ4v) is 2.97. The molecule has 0 N–H and O–H groups in total. The van der Waals surface area contributed by atoms with Gasteiger partial charge in [0.15, 0.2) is 18.0 Å². The first-order valence-corrected chi connectivity index (χ1v) is 7.38. The molecule has 0 saturated carbocycles. The van der Waals surface area contributed by atoms with Crippen LogP contribution in [0, 0.1) is 0 Å². The Balaban J connectivity index is 2.13. The van der Waals surface area contributed by atoms with Gasteiger partial charge in [0.1, 0.15) is 10.8 Å². The molecule has 0 bridgehead atoms. The summed E-state index contributed by atoms with van der Waals surface area (Å²) in [7, 11) is 0. The maximum absolute atomic E-state index is 6.15. The van der Waals surface area contributed by atoms with Crippen LogP contribution in [-0.2, 0) is 6.54 Å². The Bertz CT molecular complexity index is 765. The Hall–Kier alpha value is -1.71. The first-order chi connectivity index (χ1) is 10.1. The number of hydrogen-bond acceptors (Lipinski definition) is 2. The molecule has 106 valence electrons. The van der Waals surface area contributed by atoms with Crippen molar-refractivity contribution in [3.63, 3.8) is 0 Å². The van der Waals surface area contributed by atoms with Crippen LogP contribution in [0.15, 0.2) is 36.0 Å². The van der Waals surface area contributed by atoms with Gasteiger partial charge in [0.25, 0.3) is 0 Å². The monoisotopic (exact) mass is 318 g/mol. The lowest BCUT2D eigenvalue weighted by molar-refractivity contribution is -0.494. The van der Waals surface area contributed by atoms with Crippen molar-refractivity contribution in [3.8, 4) is 0 Å². The molecule has 1 aromatic heterocycles. The number of benzene rings is 1. The zero-order chi connectivity index (χ0) is 15.0. The molecule has 1 aromatic carbocycles. The van der Waals surface area contributed by atoms with Crippen molar-refractivity contribution in [2.75, 3.05) is 0 Å². The summed E-state index contributed by atoms with van der Waals surface area (Å²) in [4.78, 5) is 8.30. The van der Waals surface area contributed by atoms with Gasteiger partial charge < -0.3 is 0 Å². The van der Waals surface area contributed by atoms with Crippen LogP contribution in [0.2, 0.25) is 10.4 Å². The molecule has 1 aliphatic heterocycles. The van der Waals surface area contributed by atoms with E-state index in [2.05, 4.69) is 40.5 Å². The summed E-state index contributed by atoms with van der Waals surface area (Å²) in [5.74, 6) is 0. The highest BCUT2D eigenvalue weighted by Crippen LogP contribution is 2.27. The quantitative estimate of drug-likeness (QED) is 0.448. The van der Waals surface area contributed by atoms with Crippen molar-refractivity contribution in [3.05, 3.63) is 63.3 Å². The molecule has 2 aromatic rings. The summed E-state index contributed by atoms with van der Waals surface area (Å²) >= 11 is 12.1. The molecule has 0 amide bonds. The molecule has 3 nitrogen and oxygen atoms in total. The standard InChI is InChI=1S/C16H14Cl2N3/c1-10-8-13-14(19-16(18)20-15(13)17)9-21(10)11(2)12-6-4-3-5-7-12/h3-8H,9H2,1-2H3/q+1. The van der Waals surface area contributed by atoms with Crippen molar-refractivity contribution >= 4 is 35.0 Å². The SMILES string of the molecule is CC1=Cc2c(Cl)nc(Cl)nc2C[N+]1=C(C)c1ccccc1. The number of hydrogen-bond donors (Lipinski definition) is 0. The average Bonchev–Trinajstić information content (AvgIpc) is 2.48. The van der Waals surface area contributed by atoms with Crippen LogP contribution in [0.3, 0.4) is 0 Å². The summed E-state index contributed by atoms with van der Waals surface area (Å²) in [6.07, 6.45) is 2.00. The van der Waals surface area contributed by atoms with Gasteiger partial charge in [-0.1, -0.05) is 29.8 Å². The third-order valence-electron chi connectivity index (χ3n) is 3.63. The van der Waals surface area contributed by atoms with Crippen LogP contribution in [0.25, 0.3) is 6.08 Å². The molecule has 2 heterocycles. The molecule has 0 atom stereocenters. The van der Waals surface area contributed by atoms with E-state index in [-0.39, 0.29) is 5.28 Å². The predicted molar refractivity (Wildman–Crippen MR) is 85.9 cm³/mol. The lowest BCUT2D eigenvalue weighted by Crippen LogP contribution is -2.23. The van der Waals surface area contributed by atoms with Crippen molar-refractivity contribution in [2.45, 2.75) is 20.4 Å². The number of allylic oxidation sites excluding steroid dienone is 1. The smallest absolute Gasteiger partial charge is 0.216 e. The molecular weight excluding hydrogens is 305 g/mol. The number of halogens is 2. The maximum atomic E-state index is 6.15. The van der Waals surface area contributed by atoms with E-state index in [1.165, 1.54) is 11.3 Å². The van der Waals surface area contributed by atoms with Crippen molar-refractivity contribution in [2.24, 2.45) is 0 Å². The Labute approximate surface area is 133 Å². The van der Waals surface area contributed by atoms with Crippen LogP contribution >= 0.6 is 23.2 Å². The maximum Gasteiger partial charge on any atom is 0.224 e. The molecule has 0 saturated heterocycles. The molecule has 21 heavy (non-hydrogen) atoms. The Kier molecular flexibility index (Phi) is 3.79. The van der Waals surface area contributed by atoms with Crippen LogP contribution in [0.5, 0.6) is 0 Å². The minimum atomic E-state index is 0.184. The average molecular weight is 319 g/mol. The highest BCUT2D eigenvalue weighted by Gasteiger charge is 2.25. The molecular formula is C16H14Cl2N3+. The molecule has 0 unspecified atom stereocenters. The Morgan fingerprint density at radius 1 is 1.14 bits per heavy atom.